The van der Waals surface area contributed by atoms with Gasteiger partial charge in [0.1, 0.15) is 5.76 Å². The third kappa shape index (κ3) is 3.47. The molecule has 1 aromatic heterocycles. The lowest BCUT2D eigenvalue weighted by Crippen LogP contribution is -2.21. The van der Waals surface area contributed by atoms with Crippen molar-refractivity contribution in [1.29, 1.82) is 0 Å². The van der Waals surface area contributed by atoms with Crippen molar-refractivity contribution >= 4 is 0 Å². The number of hydrogen-bond donors (Lipinski definition) is 1. The fourth-order valence-electron chi connectivity index (χ4n) is 2.17. The molecule has 1 heterocycles. The Hall–Kier alpha value is -1.54. The topological polar surface area (TPSA) is 25.2 Å². The molecule has 96 valence electrons. The van der Waals surface area contributed by atoms with Gasteiger partial charge in [0.2, 0.25) is 0 Å². The van der Waals surface area contributed by atoms with E-state index in [0.29, 0.717) is 6.04 Å². The fraction of sp³-hybridized carbons (Fsp3) is 0.375. The summed E-state index contributed by atoms with van der Waals surface area (Å²) in [7, 11) is 0. The minimum atomic E-state index is 0.403. The molecule has 0 radical (unpaired) electrons. The number of nitrogens with one attached hydrogen (secondary N) is 1. The van der Waals surface area contributed by atoms with Gasteiger partial charge in [-0.25, -0.2) is 0 Å². The van der Waals surface area contributed by atoms with Gasteiger partial charge < -0.3 is 9.73 Å². The number of aryl methyl sites for hydroxylation is 2. The van der Waals surface area contributed by atoms with E-state index in [4.69, 9.17) is 4.42 Å². The zero-order chi connectivity index (χ0) is 12.8. The molecular weight excluding hydrogens is 222 g/mol. The lowest BCUT2D eigenvalue weighted by Gasteiger charge is -2.18. The highest BCUT2D eigenvalue weighted by molar-refractivity contribution is 5.24. The van der Waals surface area contributed by atoms with Crippen molar-refractivity contribution < 1.29 is 4.42 Å². The molecule has 0 amide bonds. The normalized spacial score (nSPS) is 12.6. The Morgan fingerprint density at radius 2 is 1.94 bits per heavy atom. The molecular formula is C16H21NO. The third-order valence-corrected chi connectivity index (χ3v) is 3.19. The van der Waals surface area contributed by atoms with Crippen LogP contribution in [0.15, 0.2) is 47.1 Å². The summed E-state index contributed by atoms with van der Waals surface area (Å²) in [6, 6.07) is 13.2. The first-order chi connectivity index (χ1) is 8.79. The van der Waals surface area contributed by atoms with Crippen LogP contribution in [0.2, 0.25) is 0 Å². The summed E-state index contributed by atoms with van der Waals surface area (Å²) < 4.78 is 5.39. The SMILES string of the molecule is CCNC(CCc1ccco1)c1ccc(C)cc1. The third-order valence-electron chi connectivity index (χ3n) is 3.19. The molecule has 1 N–H and O–H groups in total. The molecule has 0 aliphatic heterocycles. The molecule has 0 saturated heterocycles. The van der Waals surface area contributed by atoms with Crippen LogP contribution in [-0.2, 0) is 6.42 Å². The summed E-state index contributed by atoms with van der Waals surface area (Å²) >= 11 is 0. The van der Waals surface area contributed by atoms with Crippen LogP contribution in [0.1, 0.15) is 36.3 Å². The van der Waals surface area contributed by atoms with E-state index in [1.807, 2.05) is 12.1 Å². The summed E-state index contributed by atoms with van der Waals surface area (Å²) in [5, 5.41) is 3.54. The predicted molar refractivity (Wildman–Crippen MR) is 74.6 cm³/mol. The molecule has 1 aromatic carbocycles. The summed E-state index contributed by atoms with van der Waals surface area (Å²) in [5.74, 6) is 1.06. The quantitative estimate of drug-likeness (QED) is 0.833. The van der Waals surface area contributed by atoms with E-state index in [9.17, 15) is 0 Å². The van der Waals surface area contributed by atoms with Crippen LogP contribution < -0.4 is 5.32 Å². The van der Waals surface area contributed by atoms with E-state index in [1.165, 1.54) is 11.1 Å². The van der Waals surface area contributed by atoms with E-state index < -0.39 is 0 Å². The van der Waals surface area contributed by atoms with Crippen LogP contribution in [0.3, 0.4) is 0 Å². The largest absolute Gasteiger partial charge is 0.469 e. The van der Waals surface area contributed by atoms with Gasteiger partial charge in [0.05, 0.1) is 6.26 Å². The van der Waals surface area contributed by atoms with Gasteiger partial charge >= 0.3 is 0 Å². The molecule has 0 spiro atoms. The highest BCUT2D eigenvalue weighted by Crippen LogP contribution is 2.20. The molecule has 1 unspecified atom stereocenters. The molecule has 2 rings (SSSR count). The van der Waals surface area contributed by atoms with Crippen molar-refractivity contribution in [3.8, 4) is 0 Å². The zero-order valence-electron chi connectivity index (χ0n) is 11.1. The Kier molecular flexibility index (Phi) is 4.59. The first-order valence-corrected chi connectivity index (χ1v) is 6.62. The van der Waals surface area contributed by atoms with Gasteiger partial charge in [0.15, 0.2) is 0 Å². The Balaban J connectivity index is 2.01. The highest BCUT2D eigenvalue weighted by atomic mass is 16.3. The van der Waals surface area contributed by atoms with Crippen LogP contribution in [-0.4, -0.2) is 6.54 Å². The number of benzene rings is 1. The standard InChI is InChI=1S/C16H21NO/c1-3-17-16(11-10-15-5-4-12-18-15)14-8-6-13(2)7-9-14/h4-9,12,16-17H,3,10-11H2,1-2H3. The molecule has 0 saturated carbocycles. The van der Waals surface area contributed by atoms with Crippen LogP contribution in [0.4, 0.5) is 0 Å². The van der Waals surface area contributed by atoms with E-state index >= 15 is 0 Å². The van der Waals surface area contributed by atoms with Crippen LogP contribution in [0.5, 0.6) is 0 Å². The maximum absolute atomic E-state index is 5.39. The predicted octanol–water partition coefficient (Wildman–Crippen LogP) is 3.87. The van der Waals surface area contributed by atoms with E-state index in [2.05, 4.69) is 43.4 Å². The van der Waals surface area contributed by atoms with Gasteiger partial charge in [0.25, 0.3) is 0 Å². The van der Waals surface area contributed by atoms with Gasteiger partial charge in [-0.3, -0.25) is 0 Å². The Labute approximate surface area is 109 Å². The van der Waals surface area contributed by atoms with Crippen molar-refractivity contribution in [2.45, 2.75) is 32.7 Å². The van der Waals surface area contributed by atoms with E-state index in [0.717, 1.165) is 25.1 Å². The minimum absolute atomic E-state index is 0.403. The van der Waals surface area contributed by atoms with Crippen molar-refractivity contribution in [3.63, 3.8) is 0 Å². The zero-order valence-corrected chi connectivity index (χ0v) is 11.1. The Morgan fingerprint density at radius 1 is 1.17 bits per heavy atom. The molecule has 18 heavy (non-hydrogen) atoms. The Morgan fingerprint density at radius 3 is 2.56 bits per heavy atom. The minimum Gasteiger partial charge on any atom is -0.469 e. The van der Waals surface area contributed by atoms with Gasteiger partial charge in [-0.2, -0.15) is 0 Å². The first kappa shape index (κ1) is 12.9. The van der Waals surface area contributed by atoms with Crippen molar-refractivity contribution in [3.05, 3.63) is 59.5 Å². The van der Waals surface area contributed by atoms with Crippen molar-refractivity contribution in [2.24, 2.45) is 0 Å². The maximum atomic E-state index is 5.39. The average Bonchev–Trinajstić information content (AvgIpc) is 2.89. The molecule has 2 aromatic rings. The molecule has 2 nitrogen and oxygen atoms in total. The molecule has 0 bridgehead atoms. The first-order valence-electron chi connectivity index (χ1n) is 6.62. The van der Waals surface area contributed by atoms with Gasteiger partial charge in [0, 0.05) is 12.5 Å². The number of hydrogen-bond acceptors (Lipinski definition) is 2. The molecule has 1 atom stereocenters. The lowest BCUT2D eigenvalue weighted by molar-refractivity contribution is 0.458. The number of rotatable bonds is 6. The number of furan rings is 1. The van der Waals surface area contributed by atoms with Crippen molar-refractivity contribution in [2.75, 3.05) is 6.54 Å². The second-order valence-corrected chi connectivity index (χ2v) is 4.64. The summed E-state index contributed by atoms with van der Waals surface area (Å²) in [6.45, 7) is 5.25. The lowest BCUT2D eigenvalue weighted by atomic mass is 10.00. The summed E-state index contributed by atoms with van der Waals surface area (Å²) in [5.41, 5.74) is 2.66. The average molecular weight is 243 g/mol. The summed E-state index contributed by atoms with van der Waals surface area (Å²) in [6.07, 6.45) is 3.77. The maximum Gasteiger partial charge on any atom is 0.103 e. The second-order valence-electron chi connectivity index (χ2n) is 4.64. The van der Waals surface area contributed by atoms with Gasteiger partial charge in [-0.15, -0.1) is 0 Å². The highest BCUT2D eigenvalue weighted by Gasteiger charge is 2.10. The van der Waals surface area contributed by atoms with Crippen LogP contribution in [0, 0.1) is 6.92 Å². The molecule has 2 heteroatoms. The van der Waals surface area contributed by atoms with E-state index in [-0.39, 0.29) is 0 Å². The smallest absolute Gasteiger partial charge is 0.103 e. The van der Waals surface area contributed by atoms with Gasteiger partial charge in [-0.05, 0) is 37.6 Å². The van der Waals surface area contributed by atoms with Gasteiger partial charge in [-0.1, -0.05) is 36.8 Å². The molecule has 0 fully saturated rings. The second kappa shape index (κ2) is 6.41. The Bertz CT molecular complexity index is 444. The summed E-state index contributed by atoms with van der Waals surface area (Å²) in [4.78, 5) is 0. The van der Waals surface area contributed by atoms with Crippen LogP contribution in [0.25, 0.3) is 0 Å². The van der Waals surface area contributed by atoms with Crippen LogP contribution >= 0.6 is 0 Å². The van der Waals surface area contributed by atoms with Crippen molar-refractivity contribution in [1.82, 2.24) is 5.32 Å². The molecule has 0 aliphatic rings. The fourth-order valence-corrected chi connectivity index (χ4v) is 2.17. The van der Waals surface area contributed by atoms with E-state index in [1.54, 1.807) is 6.26 Å². The molecule has 0 aliphatic carbocycles. The monoisotopic (exact) mass is 243 g/mol.